The number of aromatic nitrogens is 1. The third kappa shape index (κ3) is 2.20. The van der Waals surface area contributed by atoms with Crippen LogP contribution in [0.15, 0.2) is 30.5 Å². The first kappa shape index (κ1) is 12.9. The molecular formula is C15H17N3O2. The molecule has 0 spiro atoms. The number of carbonyl (C=O) groups is 1. The first-order valence-electron chi connectivity index (χ1n) is 6.71. The first-order valence-corrected chi connectivity index (χ1v) is 6.71. The molecule has 1 aliphatic rings. The van der Waals surface area contributed by atoms with Gasteiger partial charge in [0.05, 0.1) is 11.2 Å². The number of para-hydroxylation sites is 1. The zero-order valence-corrected chi connectivity index (χ0v) is 11.4. The molecule has 0 aliphatic carbocycles. The van der Waals surface area contributed by atoms with Crippen LogP contribution in [0.3, 0.4) is 0 Å². The van der Waals surface area contributed by atoms with Gasteiger partial charge < -0.3 is 14.9 Å². The smallest absolute Gasteiger partial charge is 0.339 e. The number of fused-ring (bicyclic) bond motifs is 1. The molecular weight excluding hydrogens is 254 g/mol. The van der Waals surface area contributed by atoms with Crippen molar-refractivity contribution in [3.63, 3.8) is 0 Å². The minimum Gasteiger partial charge on any atom is -0.478 e. The number of pyridine rings is 1. The van der Waals surface area contributed by atoms with Gasteiger partial charge in [-0.2, -0.15) is 0 Å². The highest BCUT2D eigenvalue weighted by Crippen LogP contribution is 2.30. The van der Waals surface area contributed by atoms with E-state index in [9.17, 15) is 9.90 Å². The van der Waals surface area contributed by atoms with E-state index in [0.29, 0.717) is 0 Å². The number of carboxylic acid groups (broad SMARTS) is 1. The predicted molar refractivity (Wildman–Crippen MR) is 78.4 cm³/mol. The van der Waals surface area contributed by atoms with E-state index < -0.39 is 5.97 Å². The fourth-order valence-electron chi connectivity index (χ4n) is 2.65. The Hall–Kier alpha value is -2.14. The molecule has 5 heteroatoms. The molecule has 5 nitrogen and oxygen atoms in total. The highest BCUT2D eigenvalue weighted by molar-refractivity contribution is 6.04. The Bertz CT molecular complexity index is 649. The van der Waals surface area contributed by atoms with Crippen LogP contribution in [-0.4, -0.2) is 54.2 Å². The lowest BCUT2D eigenvalue weighted by atomic mass is 10.1. The number of likely N-dealkylation sites (N-methyl/N-ethyl adjacent to an activating group) is 1. The highest BCUT2D eigenvalue weighted by Gasteiger charge is 2.22. The number of piperazine rings is 1. The average Bonchev–Trinajstić information content (AvgIpc) is 2.47. The number of carboxylic acids is 1. The van der Waals surface area contributed by atoms with Gasteiger partial charge in [-0.05, 0) is 13.1 Å². The first-order chi connectivity index (χ1) is 9.66. The van der Waals surface area contributed by atoms with E-state index in [0.717, 1.165) is 42.8 Å². The van der Waals surface area contributed by atoms with Crippen molar-refractivity contribution in [3.8, 4) is 0 Å². The van der Waals surface area contributed by atoms with Gasteiger partial charge in [0, 0.05) is 37.8 Å². The molecule has 1 N–H and O–H groups in total. The third-order valence-corrected chi connectivity index (χ3v) is 3.80. The van der Waals surface area contributed by atoms with Crippen molar-refractivity contribution in [2.75, 3.05) is 38.1 Å². The SMILES string of the molecule is CN1CCN(c2c(C(=O)O)cnc3ccccc23)CC1. The monoisotopic (exact) mass is 271 g/mol. The largest absolute Gasteiger partial charge is 0.478 e. The normalized spacial score (nSPS) is 16.6. The molecule has 2 heterocycles. The van der Waals surface area contributed by atoms with Crippen molar-refractivity contribution in [2.45, 2.75) is 0 Å². The lowest BCUT2D eigenvalue weighted by Crippen LogP contribution is -2.45. The molecule has 1 aromatic heterocycles. The van der Waals surface area contributed by atoms with Gasteiger partial charge in [-0.1, -0.05) is 18.2 Å². The van der Waals surface area contributed by atoms with Gasteiger partial charge >= 0.3 is 5.97 Å². The molecule has 0 unspecified atom stereocenters. The second-order valence-corrected chi connectivity index (χ2v) is 5.13. The van der Waals surface area contributed by atoms with Crippen molar-refractivity contribution in [3.05, 3.63) is 36.0 Å². The molecule has 0 amide bonds. The van der Waals surface area contributed by atoms with Crippen LogP contribution in [0, 0.1) is 0 Å². The second-order valence-electron chi connectivity index (χ2n) is 5.13. The van der Waals surface area contributed by atoms with E-state index in [4.69, 9.17) is 0 Å². The minimum absolute atomic E-state index is 0.285. The van der Waals surface area contributed by atoms with Crippen molar-refractivity contribution in [1.29, 1.82) is 0 Å². The van der Waals surface area contributed by atoms with Crippen LogP contribution in [0.2, 0.25) is 0 Å². The zero-order chi connectivity index (χ0) is 14.1. The summed E-state index contributed by atoms with van der Waals surface area (Å²) in [6.07, 6.45) is 1.47. The van der Waals surface area contributed by atoms with Crippen molar-refractivity contribution >= 4 is 22.6 Å². The molecule has 104 valence electrons. The Kier molecular flexibility index (Phi) is 3.28. The van der Waals surface area contributed by atoms with E-state index in [1.54, 1.807) is 0 Å². The Morgan fingerprint density at radius 2 is 1.90 bits per heavy atom. The molecule has 0 atom stereocenters. The second kappa shape index (κ2) is 5.09. The lowest BCUT2D eigenvalue weighted by Gasteiger charge is -2.35. The van der Waals surface area contributed by atoms with Crippen LogP contribution in [-0.2, 0) is 0 Å². The van der Waals surface area contributed by atoms with E-state index in [-0.39, 0.29) is 5.56 Å². The van der Waals surface area contributed by atoms with Gasteiger partial charge in [0.25, 0.3) is 0 Å². The number of benzene rings is 1. The molecule has 0 bridgehead atoms. The van der Waals surface area contributed by atoms with Gasteiger partial charge in [-0.25, -0.2) is 4.79 Å². The Labute approximate surface area is 117 Å². The summed E-state index contributed by atoms with van der Waals surface area (Å²) in [4.78, 5) is 20.2. The van der Waals surface area contributed by atoms with Crippen LogP contribution < -0.4 is 4.90 Å². The van der Waals surface area contributed by atoms with Gasteiger partial charge in [-0.15, -0.1) is 0 Å². The van der Waals surface area contributed by atoms with Crippen LogP contribution in [0.25, 0.3) is 10.9 Å². The Morgan fingerprint density at radius 3 is 2.60 bits per heavy atom. The fourth-order valence-corrected chi connectivity index (χ4v) is 2.65. The fraction of sp³-hybridized carbons (Fsp3) is 0.333. The van der Waals surface area contributed by atoms with E-state index in [1.807, 2.05) is 24.3 Å². The van der Waals surface area contributed by atoms with Crippen molar-refractivity contribution < 1.29 is 9.90 Å². The maximum Gasteiger partial charge on any atom is 0.339 e. The number of rotatable bonds is 2. The van der Waals surface area contributed by atoms with Crippen molar-refractivity contribution in [2.24, 2.45) is 0 Å². The summed E-state index contributed by atoms with van der Waals surface area (Å²) in [5.74, 6) is -0.919. The summed E-state index contributed by atoms with van der Waals surface area (Å²) in [6, 6.07) is 7.71. The molecule has 2 aromatic rings. The summed E-state index contributed by atoms with van der Waals surface area (Å²) in [6.45, 7) is 3.56. The minimum atomic E-state index is -0.919. The number of nitrogens with zero attached hydrogens (tertiary/aromatic N) is 3. The lowest BCUT2D eigenvalue weighted by molar-refractivity contribution is 0.0697. The van der Waals surface area contributed by atoms with E-state index in [1.165, 1.54) is 6.20 Å². The summed E-state index contributed by atoms with van der Waals surface area (Å²) in [5.41, 5.74) is 1.93. The summed E-state index contributed by atoms with van der Waals surface area (Å²) in [5, 5.41) is 10.3. The topological polar surface area (TPSA) is 56.7 Å². The summed E-state index contributed by atoms with van der Waals surface area (Å²) >= 11 is 0. The van der Waals surface area contributed by atoms with Crippen LogP contribution >= 0.6 is 0 Å². The molecule has 3 rings (SSSR count). The number of hydrogen-bond donors (Lipinski definition) is 1. The number of aromatic carboxylic acids is 1. The molecule has 1 fully saturated rings. The standard InChI is InChI=1S/C15H17N3O2/c1-17-6-8-18(9-7-17)14-11-4-2-3-5-13(11)16-10-12(14)15(19)20/h2-5,10H,6-9H2,1H3,(H,19,20). The molecule has 0 saturated carbocycles. The average molecular weight is 271 g/mol. The van der Waals surface area contributed by atoms with Gasteiger partial charge in [0.1, 0.15) is 5.56 Å². The molecule has 1 aromatic carbocycles. The highest BCUT2D eigenvalue weighted by atomic mass is 16.4. The molecule has 1 aliphatic heterocycles. The van der Waals surface area contributed by atoms with Gasteiger partial charge in [0.15, 0.2) is 0 Å². The van der Waals surface area contributed by atoms with E-state index >= 15 is 0 Å². The predicted octanol–water partition coefficient (Wildman–Crippen LogP) is 1.68. The van der Waals surface area contributed by atoms with Crippen LogP contribution in [0.5, 0.6) is 0 Å². The van der Waals surface area contributed by atoms with Crippen LogP contribution in [0.1, 0.15) is 10.4 Å². The number of anilines is 1. The molecule has 0 radical (unpaired) electrons. The summed E-state index contributed by atoms with van der Waals surface area (Å²) < 4.78 is 0. The maximum atomic E-state index is 11.5. The quantitative estimate of drug-likeness (QED) is 0.900. The maximum absolute atomic E-state index is 11.5. The number of hydrogen-bond acceptors (Lipinski definition) is 4. The zero-order valence-electron chi connectivity index (χ0n) is 11.4. The summed E-state index contributed by atoms with van der Waals surface area (Å²) in [7, 11) is 2.08. The van der Waals surface area contributed by atoms with Crippen LogP contribution in [0.4, 0.5) is 5.69 Å². The van der Waals surface area contributed by atoms with Gasteiger partial charge in [0.2, 0.25) is 0 Å². The Balaban J connectivity index is 2.15. The Morgan fingerprint density at radius 1 is 1.20 bits per heavy atom. The van der Waals surface area contributed by atoms with Crippen molar-refractivity contribution in [1.82, 2.24) is 9.88 Å². The van der Waals surface area contributed by atoms with E-state index in [2.05, 4.69) is 21.8 Å². The molecule has 20 heavy (non-hydrogen) atoms. The molecule has 1 saturated heterocycles. The van der Waals surface area contributed by atoms with Gasteiger partial charge in [-0.3, -0.25) is 4.98 Å². The third-order valence-electron chi connectivity index (χ3n) is 3.80.